The van der Waals surface area contributed by atoms with Gasteiger partial charge in [0.05, 0.1) is 5.25 Å². The second kappa shape index (κ2) is 6.55. The minimum atomic E-state index is -3.04. The van der Waals surface area contributed by atoms with Gasteiger partial charge >= 0.3 is 0 Å². The zero-order chi connectivity index (χ0) is 15.7. The van der Waals surface area contributed by atoms with Gasteiger partial charge in [0.15, 0.2) is 9.84 Å². The van der Waals surface area contributed by atoms with Crippen molar-refractivity contribution in [1.82, 2.24) is 4.90 Å². The summed E-state index contributed by atoms with van der Waals surface area (Å²) in [7, 11) is -0.925. The molecule has 2 aliphatic rings. The minimum absolute atomic E-state index is 0.288. The van der Waals surface area contributed by atoms with E-state index in [0.29, 0.717) is 12.6 Å². The SMILES string of the molecule is CCC1CCC(N(C)C2(CN)CCCC2S(C)(=O)=O)CC1. The quantitative estimate of drug-likeness (QED) is 0.844. The molecule has 2 atom stereocenters. The van der Waals surface area contributed by atoms with Gasteiger partial charge in [-0.3, -0.25) is 4.90 Å². The lowest BCUT2D eigenvalue weighted by Gasteiger charge is -2.48. The van der Waals surface area contributed by atoms with Crippen molar-refractivity contribution in [2.45, 2.75) is 75.1 Å². The van der Waals surface area contributed by atoms with E-state index >= 15 is 0 Å². The first-order valence-corrected chi connectivity index (χ1v) is 10.4. The molecule has 0 amide bonds. The van der Waals surface area contributed by atoms with Crippen molar-refractivity contribution in [3.63, 3.8) is 0 Å². The number of rotatable bonds is 5. The fraction of sp³-hybridized carbons (Fsp3) is 1.00. The Balaban J connectivity index is 2.16. The number of hydrogen-bond donors (Lipinski definition) is 1. The van der Waals surface area contributed by atoms with Crippen molar-refractivity contribution >= 4 is 9.84 Å². The molecule has 0 saturated heterocycles. The highest BCUT2D eigenvalue weighted by atomic mass is 32.2. The number of hydrogen-bond acceptors (Lipinski definition) is 4. The fourth-order valence-corrected chi connectivity index (χ4v) is 6.49. The Morgan fingerprint density at radius 3 is 2.29 bits per heavy atom. The van der Waals surface area contributed by atoms with Crippen LogP contribution in [0.2, 0.25) is 0 Å². The monoisotopic (exact) mass is 316 g/mol. The lowest BCUT2D eigenvalue weighted by molar-refractivity contribution is 0.0543. The van der Waals surface area contributed by atoms with Crippen LogP contribution in [-0.2, 0) is 9.84 Å². The third kappa shape index (κ3) is 3.30. The third-order valence-electron chi connectivity index (χ3n) is 6.19. The lowest BCUT2D eigenvalue weighted by Crippen LogP contribution is -2.62. The van der Waals surface area contributed by atoms with E-state index in [9.17, 15) is 8.42 Å². The molecule has 2 aliphatic carbocycles. The van der Waals surface area contributed by atoms with Crippen LogP contribution in [-0.4, -0.2) is 50.0 Å². The Morgan fingerprint density at radius 1 is 1.19 bits per heavy atom. The first-order chi connectivity index (χ1) is 9.85. The minimum Gasteiger partial charge on any atom is -0.329 e. The van der Waals surface area contributed by atoms with Gasteiger partial charge in [-0.25, -0.2) is 8.42 Å². The molecule has 21 heavy (non-hydrogen) atoms. The predicted octanol–water partition coefficient (Wildman–Crippen LogP) is 2.18. The Labute approximate surface area is 130 Å². The molecule has 2 fully saturated rings. The van der Waals surface area contributed by atoms with Crippen LogP contribution in [0.5, 0.6) is 0 Å². The van der Waals surface area contributed by atoms with Crippen molar-refractivity contribution in [3.05, 3.63) is 0 Å². The summed E-state index contributed by atoms with van der Waals surface area (Å²) in [4.78, 5) is 2.36. The lowest BCUT2D eigenvalue weighted by atomic mass is 9.81. The molecule has 2 rings (SSSR count). The van der Waals surface area contributed by atoms with E-state index in [1.165, 1.54) is 38.4 Å². The number of sulfone groups is 1. The number of nitrogens with zero attached hydrogens (tertiary/aromatic N) is 1. The zero-order valence-corrected chi connectivity index (χ0v) is 14.7. The second-order valence-corrected chi connectivity index (χ2v) is 9.44. The van der Waals surface area contributed by atoms with Gasteiger partial charge in [-0.1, -0.05) is 19.8 Å². The molecule has 0 radical (unpaired) electrons. The third-order valence-corrected chi connectivity index (χ3v) is 7.90. The highest BCUT2D eigenvalue weighted by Crippen LogP contribution is 2.41. The topological polar surface area (TPSA) is 63.4 Å². The Hall–Kier alpha value is -0.130. The van der Waals surface area contributed by atoms with Crippen molar-refractivity contribution in [3.8, 4) is 0 Å². The van der Waals surface area contributed by atoms with Gasteiger partial charge < -0.3 is 5.73 Å². The summed E-state index contributed by atoms with van der Waals surface area (Å²) in [5.74, 6) is 0.859. The predicted molar refractivity (Wildman–Crippen MR) is 88.1 cm³/mol. The average Bonchev–Trinajstić information content (AvgIpc) is 2.92. The summed E-state index contributed by atoms with van der Waals surface area (Å²) in [6, 6.07) is 0.499. The van der Waals surface area contributed by atoms with E-state index in [1.54, 1.807) is 0 Å². The smallest absolute Gasteiger partial charge is 0.152 e. The van der Waals surface area contributed by atoms with Crippen molar-refractivity contribution < 1.29 is 8.42 Å². The molecule has 0 spiro atoms. The van der Waals surface area contributed by atoms with E-state index in [2.05, 4.69) is 18.9 Å². The summed E-state index contributed by atoms with van der Waals surface area (Å²) in [5, 5.41) is -0.288. The van der Waals surface area contributed by atoms with E-state index < -0.39 is 9.84 Å². The summed E-state index contributed by atoms with van der Waals surface area (Å²) < 4.78 is 24.4. The fourth-order valence-electron chi connectivity index (χ4n) is 4.72. The van der Waals surface area contributed by atoms with Gasteiger partial charge in [-0.2, -0.15) is 0 Å². The molecule has 2 saturated carbocycles. The molecule has 0 bridgehead atoms. The van der Waals surface area contributed by atoms with E-state index in [-0.39, 0.29) is 10.8 Å². The largest absolute Gasteiger partial charge is 0.329 e. The average molecular weight is 317 g/mol. The molecule has 0 aromatic rings. The van der Waals surface area contributed by atoms with Gasteiger partial charge in [0.25, 0.3) is 0 Å². The second-order valence-electron chi connectivity index (χ2n) is 7.21. The van der Waals surface area contributed by atoms with Gasteiger partial charge in [-0.05, 0) is 51.5 Å². The summed E-state index contributed by atoms with van der Waals surface area (Å²) in [6.07, 6.45) is 10.2. The van der Waals surface area contributed by atoms with Crippen LogP contribution in [0.3, 0.4) is 0 Å². The van der Waals surface area contributed by atoms with Gasteiger partial charge in [-0.15, -0.1) is 0 Å². The molecule has 4 nitrogen and oxygen atoms in total. The maximum Gasteiger partial charge on any atom is 0.152 e. The number of likely N-dealkylation sites (N-methyl/N-ethyl adjacent to an activating group) is 1. The Kier molecular flexibility index (Phi) is 5.37. The maximum atomic E-state index is 12.2. The van der Waals surface area contributed by atoms with Gasteiger partial charge in [0, 0.05) is 24.4 Å². The van der Waals surface area contributed by atoms with E-state index in [1.807, 2.05) is 0 Å². The highest BCUT2D eigenvalue weighted by Gasteiger charge is 2.51. The molecule has 0 aromatic carbocycles. The molecule has 2 unspecified atom stereocenters. The molecule has 0 aromatic heterocycles. The van der Waals surface area contributed by atoms with Crippen LogP contribution in [0.15, 0.2) is 0 Å². The van der Waals surface area contributed by atoms with Gasteiger partial charge in [0.1, 0.15) is 0 Å². The molecular formula is C16H32N2O2S. The van der Waals surface area contributed by atoms with Crippen molar-refractivity contribution in [1.29, 1.82) is 0 Å². The van der Waals surface area contributed by atoms with Crippen LogP contribution < -0.4 is 5.73 Å². The first kappa shape index (κ1) is 17.2. The normalized spacial score (nSPS) is 38.0. The van der Waals surface area contributed by atoms with Gasteiger partial charge in [0.2, 0.25) is 0 Å². The Morgan fingerprint density at radius 2 is 1.81 bits per heavy atom. The summed E-state index contributed by atoms with van der Waals surface area (Å²) in [6.45, 7) is 2.72. The van der Waals surface area contributed by atoms with Crippen molar-refractivity contribution in [2.24, 2.45) is 11.7 Å². The maximum absolute atomic E-state index is 12.2. The standard InChI is InChI=1S/C16H32N2O2S/c1-4-13-7-9-14(10-8-13)18(2)16(12-17)11-5-6-15(16)21(3,19)20/h13-15H,4-12,17H2,1-3H3. The molecule has 0 heterocycles. The van der Waals surface area contributed by atoms with Crippen LogP contribution in [0.1, 0.15) is 58.3 Å². The molecule has 2 N–H and O–H groups in total. The van der Waals surface area contributed by atoms with E-state index in [0.717, 1.165) is 25.2 Å². The van der Waals surface area contributed by atoms with Crippen LogP contribution in [0, 0.1) is 5.92 Å². The number of nitrogens with two attached hydrogens (primary N) is 1. The van der Waals surface area contributed by atoms with Crippen molar-refractivity contribution in [2.75, 3.05) is 19.8 Å². The molecule has 124 valence electrons. The van der Waals surface area contributed by atoms with Crippen LogP contribution in [0.4, 0.5) is 0 Å². The van der Waals surface area contributed by atoms with Crippen LogP contribution >= 0.6 is 0 Å². The van der Waals surface area contributed by atoms with Crippen LogP contribution in [0.25, 0.3) is 0 Å². The Bertz CT molecular complexity index is 443. The molecule has 0 aliphatic heterocycles. The summed E-state index contributed by atoms with van der Waals surface area (Å²) >= 11 is 0. The van der Waals surface area contributed by atoms with E-state index in [4.69, 9.17) is 5.73 Å². The zero-order valence-electron chi connectivity index (χ0n) is 13.8. The first-order valence-electron chi connectivity index (χ1n) is 8.47. The molecule has 5 heteroatoms. The highest BCUT2D eigenvalue weighted by molar-refractivity contribution is 7.91. The summed E-state index contributed by atoms with van der Waals surface area (Å²) in [5.41, 5.74) is 5.77. The molecular weight excluding hydrogens is 284 g/mol.